The Balaban J connectivity index is 2.19. The Bertz CT molecular complexity index is 487. The highest BCUT2D eigenvalue weighted by molar-refractivity contribution is 6.00. The standard InChI is InChI=1S/C16H25N3O/c1-10-4-7-14(11(2)8-10)19-15-9-12(17)5-6-13(15)16(20)18-3/h5-6,9-11,14,19H,4,7-8,17H2,1-3H3,(H,18,20). The minimum absolute atomic E-state index is 0.0793. The number of nitrogens with one attached hydrogen (secondary N) is 2. The molecule has 0 saturated heterocycles. The van der Waals surface area contributed by atoms with Gasteiger partial charge in [0.05, 0.1) is 5.56 Å². The molecule has 1 aromatic rings. The van der Waals surface area contributed by atoms with E-state index in [1.54, 1.807) is 19.2 Å². The highest BCUT2D eigenvalue weighted by Gasteiger charge is 2.26. The van der Waals surface area contributed by atoms with E-state index in [0.717, 1.165) is 18.0 Å². The van der Waals surface area contributed by atoms with Crippen molar-refractivity contribution in [2.24, 2.45) is 11.8 Å². The fraction of sp³-hybridized carbons (Fsp3) is 0.562. The molecule has 0 spiro atoms. The number of nitrogens with two attached hydrogens (primary N) is 1. The molecular weight excluding hydrogens is 250 g/mol. The zero-order chi connectivity index (χ0) is 14.7. The predicted octanol–water partition coefficient (Wildman–Crippen LogP) is 2.87. The second-order valence-electron chi connectivity index (χ2n) is 6.03. The minimum atomic E-state index is -0.0793. The predicted molar refractivity (Wildman–Crippen MR) is 83.8 cm³/mol. The Kier molecular flexibility index (Phi) is 4.53. The Morgan fingerprint density at radius 3 is 2.70 bits per heavy atom. The van der Waals surface area contributed by atoms with Gasteiger partial charge in [0.1, 0.15) is 0 Å². The molecule has 1 aromatic carbocycles. The van der Waals surface area contributed by atoms with E-state index >= 15 is 0 Å². The van der Waals surface area contributed by atoms with Gasteiger partial charge in [-0.05, 0) is 49.3 Å². The largest absolute Gasteiger partial charge is 0.399 e. The summed E-state index contributed by atoms with van der Waals surface area (Å²) >= 11 is 0. The normalized spacial score (nSPS) is 26.1. The van der Waals surface area contributed by atoms with Crippen molar-refractivity contribution in [3.05, 3.63) is 23.8 Å². The molecule has 0 bridgehead atoms. The topological polar surface area (TPSA) is 67.2 Å². The van der Waals surface area contributed by atoms with Gasteiger partial charge >= 0.3 is 0 Å². The number of amides is 1. The van der Waals surface area contributed by atoms with Crippen LogP contribution in [-0.4, -0.2) is 19.0 Å². The molecule has 0 aromatic heterocycles. The van der Waals surface area contributed by atoms with E-state index in [2.05, 4.69) is 24.5 Å². The van der Waals surface area contributed by atoms with Gasteiger partial charge in [0.15, 0.2) is 0 Å². The molecule has 4 N–H and O–H groups in total. The van der Waals surface area contributed by atoms with E-state index in [0.29, 0.717) is 23.2 Å². The third-order valence-electron chi connectivity index (χ3n) is 4.29. The van der Waals surface area contributed by atoms with Crippen LogP contribution in [0.4, 0.5) is 11.4 Å². The summed E-state index contributed by atoms with van der Waals surface area (Å²) in [7, 11) is 1.65. The van der Waals surface area contributed by atoms with Gasteiger partial charge < -0.3 is 16.4 Å². The van der Waals surface area contributed by atoms with Crippen molar-refractivity contribution in [2.45, 2.75) is 39.2 Å². The maximum Gasteiger partial charge on any atom is 0.253 e. The van der Waals surface area contributed by atoms with Gasteiger partial charge in [-0.1, -0.05) is 13.8 Å². The highest BCUT2D eigenvalue weighted by Crippen LogP contribution is 2.32. The van der Waals surface area contributed by atoms with Crippen molar-refractivity contribution in [1.29, 1.82) is 0 Å². The molecule has 20 heavy (non-hydrogen) atoms. The third kappa shape index (κ3) is 3.24. The van der Waals surface area contributed by atoms with Gasteiger partial charge in [-0.3, -0.25) is 4.79 Å². The number of rotatable bonds is 3. The second kappa shape index (κ2) is 6.16. The van der Waals surface area contributed by atoms with Crippen molar-refractivity contribution >= 4 is 17.3 Å². The van der Waals surface area contributed by atoms with Gasteiger partial charge in [0.25, 0.3) is 5.91 Å². The first kappa shape index (κ1) is 14.7. The molecular formula is C16H25N3O. The maximum absolute atomic E-state index is 11.9. The number of carbonyl (C=O) groups is 1. The average Bonchev–Trinajstić information content (AvgIpc) is 2.41. The molecule has 4 heteroatoms. The van der Waals surface area contributed by atoms with Crippen LogP contribution >= 0.6 is 0 Å². The summed E-state index contributed by atoms with van der Waals surface area (Å²) in [6.07, 6.45) is 3.61. The smallest absolute Gasteiger partial charge is 0.253 e. The zero-order valence-corrected chi connectivity index (χ0v) is 12.6. The first-order valence-corrected chi connectivity index (χ1v) is 7.39. The first-order chi connectivity index (χ1) is 9.51. The minimum Gasteiger partial charge on any atom is -0.399 e. The molecule has 1 saturated carbocycles. The lowest BCUT2D eigenvalue weighted by atomic mass is 9.79. The van der Waals surface area contributed by atoms with Crippen LogP contribution in [0.2, 0.25) is 0 Å². The summed E-state index contributed by atoms with van der Waals surface area (Å²) in [6.45, 7) is 4.59. The fourth-order valence-electron chi connectivity index (χ4n) is 3.09. The molecule has 0 radical (unpaired) electrons. The summed E-state index contributed by atoms with van der Waals surface area (Å²) in [6, 6.07) is 5.82. The van der Waals surface area contributed by atoms with Gasteiger partial charge in [-0.15, -0.1) is 0 Å². The number of hydrogen-bond donors (Lipinski definition) is 3. The average molecular weight is 275 g/mol. The van der Waals surface area contributed by atoms with E-state index in [-0.39, 0.29) is 5.91 Å². The van der Waals surface area contributed by atoms with Gasteiger partial charge in [0, 0.05) is 24.5 Å². The van der Waals surface area contributed by atoms with E-state index in [1.807, 2.05) is 6.07 Å². The molecule has 1 fully saturated rings. The van der Waals surface area contributed by atoms with E-state index in [1.165, 1.54) is 12.8 Å². The van der Waals surface area contributed by atoms with Crippen LogP contribution in [0.3, 0.4) is 0 Å². The Morgan fingerprint density at radius 2 is 2.05 bits per heavy atom. The number of benzene rings is 1. The van der Waals surface area contributed by atoms with Crippen molar-refractivity contribution in [3.8, 4) is 0 Å². The molecule has 110 valence electrons. The quantitative estimate of drug-likeness (QED) is 0.743. The van der Waals surface area contributed by atoms with Crippen molar-refractivity contribution in [3.63, 3.8) is 0 Å². The highest BCUT2D eigenvalue weighted by atomic mass is 16.1. The van der Waals surface area contributed by atoms with Crippen molar-refractivity contribution < 1.29 is 4.79 Å². The maximum atomic E-state index is 11.9. The van der Waals surface area contributed by atoms with Crippen LogP contribution in [0.5, 0.6) is 0 Å². The summed E-state index contributed by atoms with van der Waals surface area (Å²) in [4.78, 5) is 11.9. The summed E-state index contributed by atoms with van der Waals surface area (Å²) in [5.74, 6) is 1.32. The molecule has 1 amide bonds. The number of nitrogen functional groups attached to an aromatic ring is 1. The number of anilines is 2. The zero-order valence-electron chi connectivity index (χ0n) is 12.6. The van der Waals surface area contributed by atoms with Crippen LogP contribution in [0.15, 0.2) is 18.2 Å². The molecule has 0 aliphatic heterocycles. The Labute approximate surface area is 121 Å². The van der Waals surface area contributed by atoms with E-state index < -0.39 is 0 Å². The second-order valence-corrected chi connectivity index (χ2v) is 6.03. The lowest BCUT2D eigenvalue weighted by molar-refractivity contribution is 0.0963. The molecule has 3 atom stereocenters. The Hall–Kier alpha value is -1.71. The lowest BCUT2D eigenvalue weighted by Gasteiger charge is -2.34. The van der Waals surface area contributed by atoms with E-state index in [9.17, 15) is 4.79 Å². The molecule has 1 aliphatic rings. The van der Waals surface area contributed by atoms with Gasteiger partial charge in [-0.2, -0.15) is 0 Å². The van der Waals surface area contributed by atoms with Crippen LogP contribution in [-0.2, 0) is 0 Å². The van der Waals surface area contributed by atoms with Gasteiger partial charge in [0.2, 0.25) is 0 Å². The monoisotopic (exact) mass is 275 g/mol. The summed E-state index contributed by atoms with van der Waals surface area (Å²) in [5, 5.41) is 6.21. The van der Waals surface area contributed by atoms with Crippen LogP contribution in [0.25, 0.3) is 0 Å². The lowest BCUT2D eigenvalue weighted by Crippen LogP contribution is -2.34. The number of hydrogen-bond acceptors (Lipinski definition) is 3. The van der Waals surface area contributed by atoms with E-state index in [4.69, 9.17) is 5.73 Å². The van der Waals surface area contributed by atoms with Crippen LogP contribution in [0.1, 0.15) is 43.5 Å². The first-order valence-electron chi connectivity index (χ1n) is 7.39. The molecule has 4 nitrogen and oxygen atoms in total. The Morgan fingerprint density at radius 1 is 1.30 bits per heavy atom. The summed E-state index contributed by atoms with van der Waals surface area (Å²) in [5.41, 5.74) is 8.04. The third-order valence-corrected chi connectivity index (χ3v) is 4.29. The fourth-order valence-corrected chi connectivity index (χ4v) is 3.09. The van der Waals surface area contributed by atoms with Gasteiger partial charge in [-0.25, -0.2) is 0 Å². The van der Waals surface area contributed by atoms with Crippen molar-refractivity contribution in [1.82, 2.24) is 5.32 Å². The summed E-state index contributed by atoms with van der Waals surface area (Å²) < 4.78 is 0. The van der Waals surface area contributed by atoms with Crippen LogP contribution < -0.4 is 16.4 Å². The SMILES string of the molecule is CNC(=O)c1ccc(N)cc1NC1CCC(C)CC1C. The molecule has 0 heterocycles. The molecule has 3 unspecified atom stereocenters. The molecule has 1 aliphatic carbocycles. The van der Waals surface area contributed by atoms with Crippen molar-refractivity contribution in [2.75, 3.05) is 18.1 Å². The van der Waals surface area contributed by atoms with Crippen LogP contribution in [0, 0.1) is 11.8 Å². The molecule has 2 rings (SSSR count). The number of carbonyl (C=O) groups excluding carboxylic acids is 1.